The zero-order valence-corrected chi connectivity index (χ0v) is 19.9. The zero-order chi connectivity index (χ0) is 23.2. The van der Waals surface area contributed by atoms with E-state index in [2.05, 4.69) is 20.7 Å². The molecule has 166 valence electrons. The maximum atomic E-state index is 12.4. The quantitative estimate of drug-likeness (QED) is 0.200. The summed E-state index contributed by atoms with van der Waals surface area (Å²) in [5.41, 5.74) is 6.12. The molecule has 33 heavy (non-hydrogen) atoms. The number of hydrazone groups is 1. The van der Waals surface area contributed by atoms with E-state index in [0.717, 1.165) is 16.8 Å². The van der Waals surface area contributed by atoms with Gasteiger partial charge >= 0.3 is 0 Å². The average Bonchev–Trinajstić information content (AvgIpc) is 3.25. The van der Waals surface area contributed by atoms with Crippen molar-refractivity contribution in [3.8, 4) is 17.1 Å². The van der Waals surface area contributed by atoms with Gasteiger partial charge in [-0.15, -0.1) is 10.2 Å². The van der Waals surface area contributed by atoms with Crippen LogP contribution in [0.2, 0.25) is 10.0 Å². The number of hydrogen-bond acceptors (Lipinski definition) is 5. The van der Waals surface area contributed by atoms with Gasteiger partial charge in [0.1, 0.15) is 0 Å². The number of nitrogens with zero attached hydrogens (tertiary/aromatic N) is 4. The predicted octanol–water partition coefficient (Wildman–Crippen LogP) is 5.79. The highest BCUT2D eigenvalue weighted by Gasteiger charge is 2.17. The lowest BCUT2D eigenvalue weighted by Gasteiger charge is -2.10. The molecule has 3 aromatic carbocycles. The summed E-state index contributed by atoms with van der Waals surface area (Å²) in [5.74, 6) is 0.532. The van der Waals surface area contributed by atoms with Crippen molar-refractivity contribution < 1.29 is 4.79 Å². The first-order chi connectivity index (χ1) is 16.0. The molecule has 0 radical (unpaired) electrons. The van der Waals surface area contributed by atoms with E-state index in [4.69, 9.17) is 23.2 Å². The van der Waals surface area contributed by atoms with E-state index in [-0.39, 0.29) is 11.7 Å². The van der Waals surface area contributed by atoms with Gasteiger partial charge in [-0.2, -0.15) is 5.10 Å². The molecule has 0 unspecified atom stereocenters. The van der Waals surface area contributed by atoms with E-state index in [1.807, 2.05) is 66.1 Å². The fourth-order valence-electron chi connectivity index (χ4n) is 3.02. The van der Waals surface area contributed by atoms with Crippen LogP contribution in [-0.2, 0) is 4.79 Å². The van der Waals surface area contributed by atoms with E-state index >= 15 is 0 Å². The molecular weight excluding hydrogens is 477 g/mol. The van der Waals surface area contributed by atoms with Gasteiger partial charge in [-0.05, 0) is 25.1 Å². The molecule has 1 aromatic heterocycles. The second-order valence-electron chi connectivity index (χ2n) is 7.07. The summed E-state index contributed by atoms with van der Waals surface area (Å²) in [4.78, 5) is 12.4. The van der Waals surface area contributed by atoms with Gasteiger partial charge in [0.05, 0.1) is 22.0 Å². The van der Waals surface area contributed by atoms with Gasteiger partial charge < -0.3 is 0 Å². The van der Waals surface area contributed by atoms with E-state index in [1.54, 1.807) is 18.2 Å². The van der Waals surface area contributed by atoms with Crippen molar-refractivity contribution in [2.45, 2.75) is 12.1 Å². The van der Waals surface area contributed by atoms with Crippen LogP contribution in [0.15, 0.2) is 83.1 Å². The lowest BCUT2D eigenvalue weighted by molar-refractivity contribution is -0.118. The van der Waals surface area contributed by atoms with Gasteiger partial charge in [0, 0.05) is 16.8 Å². The standard InChI is InChI=1S/C24H19Cl2N5OS/c1-16-10-12-19(13-11-16)31-23(17-6-3-2-4-7-17)29-30-24(31)33-15-21(32)28-27-14-18-8-5-9-20(25)22(18)26/h2-14H,15H2,1H3,(H,28,32)/b27-14+. The Morgan fingerprint density at radius 2 is 1.79 bits per heavy atom. The highest BCUT2D eigenvalue weighted by molar-refractivity contribution is 7.99. The maximum Gasteiger partial charge on any atom is 0.250 e. The van der Waals surface area contributed by atoms with Crippen LogP contribution in [-0.4, -0.2) is 32.6 Å². The van der Waals surface area contributed by atoms with Gasteiger partial charge in [-0.25, -0.2) is 5.43 Å². The first-order valence-corrected chi connectivity index (χ1v) is 11.7. The first-order valence-electron chi connectivity index (χ1n) is 9.99. The predicted molar refractivity (Wildman–Crippen MR) is 134 cm³/mol. The maximum absolute atomic E-state index is 12.4. The molecule has 1 N–H and O–H groups in total. The minimum absolute atomic E-state index is 0.111. The molecule has 1 heterocycles. The molecule has 0 aliphatic heterocycles. The Morgan fingerprint density at radius 1 is 1.03 bits per heavy atom. The summed E-state index contributed by atoms with van der Waals surface area (Å²) in [7, 11) is 0. The first kappa shape index (κ1) is 23.0. The Bertz CT molecular complexity index is 1290. The summed E-state index contributed by atoms with van der Waals surface area (Å²) in [6.07, 6.45) is 1.46. The molecule has 4 aromatic rings. The number of rotatable bonds is 7. The number of amides is 1. The lowest BCUT2D eigenvalue weighted by Crippen LogP contribution is -2.20. The van der Waals surface area contributed by atoms with Crippen LogP contribution in [0, 0.1) is 6.92 Å². The highest BCUT2D eigenvalue weighted by Crippen LogP contribution is 2.28. The summed E-state index contributed by atoms with van der Waals surface area (Å²) in [6, 6.07) is 23.1. The molecule has 6 nitrogen and oxygen atoms in total. The Balaban J connectivity index is 1.50. The number of nitrogens with one attached hydrogen (secondary N) is 1. The van der Waals surface area contributed by atoms with Crippen molar-refractivity contribution in [3.63, 3.8) is 0 Å². The fraction of sp³-hybridized carbons (Fsp3) is 0.0833. The molecule has 1 amide bonds. The molecule has 0 aliphatic carbocycles. The average molecular weight is 496 g/mol. The Labute approximate surface area is 205 Å². The monoisotopic (exact) mass is 495 g/mol. The van der Waals surface area contributed by atoms with E-state index in [9.17, 15) is 4.79 Å². The van der Waals surface area contributed by atoms with Gasteiger partial charge in [0.15, 0.2) is 11.0 Å². The van der Waals surface area contributed by atoms with E-state index in [0.29, 0.717) is 26.6 Å². The minimum atomic E-state index is -0.283. The number of halogens is 2. The normalized spacial score (nSPS) is 11.1. The molecule has 0 fully saturated rings. The van der Waals surface area contributed by atoms with E-state index in [1.165, 1.54) is 18.0 Å². The van der Waals surface area contributed by atoms with Crippen molar-refractivity contribution in [2.24, 2.45) is 5.10 Å². The summed E-state index contributed by atoms with van der Waals surface area (Å²) in [5, 5.41) is 14.1. The third kappa shape index (κ3) is 5.63. The molecular formula is C24H19Cl2N5OS. The minimum Gasteiger partial charge on any atom is -0.272 e. The SMILES string of the molecule is Cc1ccc(-n2c(SCC(=O)N/N=C/c3cccc(Cl)c3Cl)nnc2-c2ccccc2)cc1. The second kappa shape index (κ2) is 10.7. The number of benzene rings is 3. The van der Waals surface area contributed by atoms with Crippen molar-refractivity contribution in [3.05, 3.63) is 94.0 Å². The topological polar surface area (TPSA) is 72.2 Å². The van der Waals surface area contributed by atoms with Crippen LogP contribution in [0.3, 0.4) is 0 Å². The molecule has 0 saturated heterocycles. The molecule has 0 saturated carbocycles. The van der Waals surface area contributed by atoms with Gasteiger partial charge in [-0.1, -0.05) is 95.1 Å². The molecule has 0 bridgehead atoms. The molecule has 0 atom stereocenters. The van der Waals surface area contributed by atoms with Crippen molar-refractivity contribution >= 4 is 47.1 Å². The van der Waals surface area contributed by atoms with Crippen LogP contribution in [0.5, 0.6) is 0 Å². The van der Waals surface area contributed by atoms with Crippen LogP contribution >= 0.6 is 35.0 Å². The Kier molecular flexibility index (Phi) is 7.44. The Hall–Kier alpha value is -3.13. The number of aryl methyl sites for hydroxylation is 1. The second-order valence-corrected chi connectivity index (χ2v) is 8.80. The van der Waals surface area contributed by atoms with Gasteiger partial charge in [-0.3, -0.25) is 9.36 Å². The lowest BCUT2D eigenvalue weighted by atomic mass is 10.2. The zero-order valence-electron chi connectivity index (χ0n) is 17.6. The third-order valence-corrected chi connectivity index (χ3v) is 6.43. The summed E-state index contributed by atoms with van der Waals surface area (Å²) < 4.78 is 1.95. The van der Waals surface area contributed by atoms with Crippen molar-refractivity contribution in [1.82, 2.24) is 20.2 Å². The van der Waals surface area contributed by atoms with Crippen LogP contribution < -0.4 is 5.43 Å². The molecule has 4 rings (SSSR count). The van der Waals surface area contributed by atoms with Crippen molar-refractivity contribution in [2.75, 3.05) is 5.75 Å². The van der Waals surface area contributed by atoms with Crippen LogP contribution in [0.25, 0.3) is 17.1 Å². The van der Waals surface area contributed by atoms with Crippen LogP contribution in [0.4, 0.5) is 0 Å². The fourth-order valence-corrected chi connectivity index (χ4v) is 4.12. The van der Waals surface area contributed by atoms with Crippen LogP contribution in [0.1, 0.15) is 11.1 Å². The molecule has 0 spiro atoms. The molecule has 9 heteroatoms. The number of carbonyl (C=O) groups is 1. The van der Waals surface area contributed by atoms with E-state index < -0.39 is 0 Å². The van der Waals surface area contributed by atoms with Gasteiger partial charge in [0.2, 0.25) is 0 Å². The highest BCUT2D eigenvalue weighted by atomic mass is 35.5. The number of aromatic nitrogens is 3. The Morgan fingerprint density at radius 3 is 2.55 bits per heavy atom. The smallest absolute Gasteiger partial charge is 0.250 e. The number of carbonyl (C=O) groups excluding carboxylic acids is 1. The largest absolute Gasteiger partial charge is 0.272 e. The third-order valence-electron chi connectivity index (χ3n) is 4.66. The summed E-state index contributed by atoms with van der Waals surface area (Å²) >= 11 is 13.4. The van der Waals surface area contributed by atoms with Crippen molar-refractivity contribution in [1.29, 1.82) is 0 Å². The number of thioether (sulfide) groups is 1. The number of hydrogen-bond donors (Lipinski definition) is 1. The van der Waals surface area contributed by atoms with Gasteiger partial charge in [0.25, 0.3) is 5.91 Å². The molecule has 0 aliphatic rings. The summed E-state index contributed by atoms with van der Waals surface area (Å²) in [6.45, 7) is 2.03.